The summed E-state index contributed by atoms with van der Waals surface area (Å²) in [5.74, 6) is 1.21. The average molecular weight is 276 g/mol. The Bertz CT molecular complexity index is 508. The highest BCUT2D eigenvalue weighted by molar-refractivity contribution is 5.78. The molecule has 0 bridgehead atoms. The molecule has 0 amide bonds. The fourth-order valence-corrected chi connectivity index (χ4v) is 2.33. The maximum Gasteiger partial charge on any atom is 0.274 e. The predicted molar refractivity (Wildman–Crippen MR) is 78.4 cm³/mol. The van der Waals surface area contributed by atoms with Crippen LogP contribution in [0, 0.1) is 16.0 Å². The van der Waals surface area contributed by atoms with Crippen LogP contribution in [0.1, 0.15) is 25.3 Å². The maximum absolute atomic E-state index is 10.9. The van der Waals surface area contributed by atoms with Crippen molar-refractivity contribution in [2.75, 3.05) is 13.1 Å². The van der Waals surface area contributed by atoms with E-state index in [0.29, 0.717) is 11.5 Å². The Balaban J connectivity index is 2.03. The molecule has 108 valence electrons. The lowest BCUT2D eigenvalue weighted by Gasteiger charge is -2.31. The summed E-state index contributed by atoms with van der Waals surface area (Å²) in [5.41, 5.74) is 6.66. The number of likely N-dealkylation sites (tertiary alicyclic amines) is 1. The van der Waals surface area contributed by atoms with Gasteiger partial charge in [0.25, 0.3) is 5.69 Å². The summed E-state index contributed by atoms with van der Waals surface area (Å²) in [7, 11) is 0. The van der Waals surface area contributed by atoms with E-state index < -0.39 is 0 Å². The second kappa shape index (κ2) is 6.36. The molecule has 1 heterocycles. The molecule has 0 radical (unpaired) electrons. The van der Waals surface area contributed by atoms with Gasteiger partial charge in [-0.25, -0.2) is 4.99 Å². The quantitative estimate of drug-likeness (QED) is 0.397. The van der Waals surface area contributed by atoms with Gasteiger partial charge in [0.2, 0.25) is 0 Å². The molecule has 1 aliphatic heterocycles. The first kappa shape index (κ1) is 14.3. The van der Waals surface area contributed by atoms with E-state index in [1.54, 1.807) is 18.2 Å². The number of rotatable bonds is 3. The maximum atomic E-state index is 10.9. The lowest BCUT2D eigenvalue weighted by Crippen LogP contribution is -2.42. The van der Waals surface area contributed by atoms with Crippen molar-refractivity contribution in [3.63, 3.8) is 0 Å². The molecule has 2 rings (SSSR count). The van der Waals surface area contributed by atoms with Gasteiger partial charge in [0.1, 0.15) is 0 Å². The Labute approximate surface area is 118 Å². The zero-order valence-electron chi connectivity index (χ0n) is 11.7. The van der Waals surface area contributed by atoms with Gasteiger partial charge in [0, 0.05) is 19.2 Å². The molecule has 6 heteroatoms. The molecule has 0 aromatic heterocycles. The zero-order chi connectivity index (χ0) is 14.5. The van der Waals surface area contributed by atoms with Crippen LogP contribution < -0.4 is 5.73 Å². The monoisotopic (exact) mass is 276 g/mol. The van der Waals surface area contributed by atoms with Crippen LogP contribution in [0.4, 0.5) is 5.69 Å². The molecule has 1 aromatic carbocycles. The molecule has 1 saturated heterocycles. The Hall–Kier alpha value is -2.11. The van der Waals surface area contributed by atoms with Crippen LogP contribution >= 0.6 is 0 Å². The van der Waals surface area contributed by atoms with Crippen molar-refractivity contribution >= 4 is 11.6 Å². The van der Waals surface area contributed by atoms with Crippen molar-refractivity contribution in [2.45, 2.75) is 26.3 Å². The summed E-state index contributed by atoms with van der Waals surface area (Å²) in [5, 5.41) is 10.9. The van der Waals surface area contributed by atoms with E-state index >= 15 is 0 Å². The first-order chi connectivity index (χ1) is 9.58. The largest absolute Gasteiger partial charge is 0.370 e. The second-order valence-electron chi connectivity index (χ2n) is 5.23. The topological polar surface area (TPSA) is 84.8 Å². The van der Waals surface area contributed by atoms with Crippen LogP contribution in [0.25, 0.3) is 0 Å². The first-order valence-corrected chi connectivity index (χ1v) is 6.85. The average Bonchev–Trinajstić information content (AvgIpc) is 2.45. The Kier molecular flexibility index (Phi) is 4.55. The van der Waals surface area contributed by atoms with Crippen LogP contribution in [0.2, 0.25) is 0 Å². The summed E-state index contributed by atoms with van der Waals surface area (Å²) < 4.78 is 0. The number of aliphatic imine (C=N–C) groups is 1. The van der Waals surface area contributed by atoms with Gasteiger partial charge >= 0.3 is 0 Å². The molecule has 1 aromatic rings. The number of hydrogen-bond acceptors (Lipinski definition) is 3. The number of para-hydroxylation sites is 1. The van der Waals surface area contributed by atoms with Crippen LogP contribution in [0.3, 0.4) is 0 Å². The number of nitro groups is 1. The van der Waals surface area contributed by atoms with Crippen molar-refractivity contribution in [3.8, 4) is 0 Å². The van der Waals surface area contributed by atoms with E-state index in [0.717, 1.165) is 31.8 Å². The van der Waals surface area contributed by atoms with Crippen molar-refractivity contribution in [2.24, 2.45) is 16.6 Å². The van der Waals surface area contributed by atoms with Gasteiger partial charge in [-0.3, -0.25) is 10.1 Å². The standard InChI is InChI=1S/C14H20N4O2/c1-11-6-8-17(9-7-11)14(15)16-10-12-4-2-3-5-13(12)18(19)20/h2-5,11H,6-10H2,1H3,(H2,15,16). The summed E-state index contributed by atoms with van der Waals surface area (Å²) in [6, 6.07) is 6.63. The molecule has 6 nitrogen and oxygen atoms in total. The minimum atomic E-state index is -0.385. The fourth-order valence-electron chi connectivity index (χ4n) is 2.33. The molecule has 0 spiro atoms. The summed E-state index contributed by atoms with van der Waals surface area (Å²) in [4.78, 5) is 16.9. The molecular formula is C14H20N4O2. The summed E-state index contributed by atoms with van der Waals surface area (Å²) >= 11 is 0. The minimum Gasteiger partial charge on any atom is -0.370 e. The third-order valence-electron chi connectivity index (χ3n) is 3.71. The predicted octanol–water partition coefficient (Wildman–Crippen LogP) is 2.14. The highest BCUT2D eigenvalue weighted by atomic mass is 16.6. The third kappa shape index (κ3) is 3.46. The Morgan fingerprint density at radius 3 is 2.75 bits per heavy atom. The van der Waals surface area contributed by atoms with E-state index in [9.17, 15) is 10.1 Å². The molecule has 2 N–H and O–H groups in total. The number of nitro benzene ring substituents is 1. The van der Waals surface area contributed by atoms with E-state index in [-0.39, 0.29) is 17.2 Å². The number of guanidine groups is 1. The molecule has 0 atom stereocenters. The molecule has 0 aliphatic carbocycles. The van der Waals surface area contributed by atoms with Gasteiger partial charge in [0.15, 0.2) is 5.96 Å². The first-order valence-electron chi connectivity index (χ1n) is 6.85. The van der Waals surface area contributed by atoms with Gasteiger partial charge in [-0.1, -0.05) is 25.1 Å². The lowest BCUT2D eigenvalue weighted by atomic mass is 10.00. The number of benzene rings is 1. The molecule has 20 heavy (non-hydrogen) atoms. The Morgan fingerprint density at radius 1 is 1.45 bits per heavy atom. The van der Waals surface area contributed by atoms with Gasteiger partial charge in [-0.15, -0.1) is 0 Å². The molecule has 0 unspecified atom stereocenters. The normalized spacial score (nSPS) is 17.2. The molecule has 1 fully saturated rings. The van der Waals surface area contributed by atoms with Crippen LogP contribution in [0.5, 0.6) is 0 Å². The van der Waals surface area contributed by atoms with E-state index in [1.807, 2.05) is 0 Å². The SMILES string of the molecule is CC1CCN(C(N)=NCc2ccccc2[N+](=O)[O-])CC1. The van der Waals surface area contributed by atoms with E-state index in [1.165, 1.54) is 6.07 Å². The van der Waals surface area contributed by atoms with Crippen molar-refractivity contribution in [1.29, 1.82) is 0 Å². The number of piperidine rings is 1. The smallest absolute Gasteiger partial charge is 0.274 e. The number of nitrogens with two attached hydrogens (primary N) is 1. The highest BCUT2D eigenvalue weighted by Crippen LogP contribution is 2.19. The van der Waals surface area contributed by atoms with Crippen LogP contribution in [-0.4, -0.2) is 28.9 Å². The van der Waals surface area contributed by atoms with Crippen molar-refractivity contribution in [1.82, 2.24) is 4.90 Å². The van der Waals surface area contributed by atoms with Crippen molar-refractivity contribution < 1.29 is 4.92 Å². The summed E-state index contributed by atoms with van der Waals surface area (Å²) in [6.45, 7) is 4.30. The van der Waals surface area contributed by atoms with Crippen LogP contribution in [0.15, 0.2) is 29.3 Å². The van der Waals surface area contributed by atoms with Crippen LogP contribution in [-0.2, 0) is 6.54 Å². The van der Waals surface area contributed by atoms with Gasteiger partial charge in [0.05, 0.1) is 17.0 Å². The van der Waals surface area contributed by atoms with Gasteiger partial charge < -0.3 is 10.6 Å². The van der Waals surface area contributed by atoms with Gasteiger partial charge in [-0.05, 0) is 18.8 Å². The third-order valence-corrected chi connectivity index (χ3v) is 3.71. The second-order valence-corrected chi connectivity index (χ2v) is 5.23. The minimum absolute atomic E-state index is 0.0938. The fraction of sp³-hybridized carbons (Fsp3) is 0.500. The zero-order valence-corrected chi connectivity index (χ0v) is 11.7. The van der Waals surface area contributed by atoms with E-state index in [2.05, 4.69) is 16.8 Å². The number of nitrogens with zero attached hydrogens (tertiary/aromatic N) is 3. The van der Waals surface area contributed by atoms with E-state index in [4.69, 9.17) is 5.73 Å². The summed E-state index contributed by atoms with van der Waals surface area (Å²) in [6.07, 6.45) is 2.23. The van der Waals surface area contributed by atoms with Crippen molar-refractivity contribution in [3.05, 3.63) is 39.9 Å². The lowest BCUT2D eigenvalue weighted by molar-refractivity contribution is -0.385. The highest BCUT2D eigenvalue weighted by Gasteiger charge is 2.17. The van der Waals surface area contributed by atoms with Gasteiger partial charge in [-0.2, -0.15) is 0 Å². The molecular weight excluding hydrogens is 256 g/mol. The number of hydrogen-bond donors (Lipinski definition) is 1. The molecule has 0 saturated carbocycles. The molecule has 1 aliphatic rings. The Morgan fingerprint density at radius 2 is 2.10 bits per heavy atom.